The van der Waals surface area contributed by atoms with Crippen molar-refractivity contribution in [1.82, 2.24) is 4.98 Å². The second-order valence-electron chi connectivity index (χ2n) is 5.20. The fraction of sp³-hybridized carbons (Fsp3) is 0.133. The van der Waals surface area contributed by atoms with Crippen molar-refractivity contribution in [2.24, 2.45) is 0 Å². The average molecular weight is 404 g/mol. The highest BCUT2D eigenvalue weighted by molar-refractivity contribution is 7.94. The van der Waals surface area contributed by atoms with Crippen LogP contribution in [0.4, 0.5) is 18.9 Å². The highest BCUT2D eigenvalue weighted by Gasteiger charge is 2.32. The van der Waals surface area contributed by atoms with E-state index in [0.29, 0.717) is 6.29 Å². The van der Waals surface area contributed by atoms with Crippen LogP contribution in [0, 0.1) is 0 Å². The SMILES string of the molecule is CN(c1cc(OC(F)(F)F)cc2cc(C=O)[nH]c12)S(=O)(=O)c1cccs1. The summed E-state index contributed by atoms with van der Waals surface area (Å²) in [4.78, 5) is 13.7. The van der Waals surface area contributed by atoms with Crippen molar-refractivity contribution in [3.63, 3.8) is 0 Å². The molecule has 0 unspecified atom stereocenters. The number of anilines is 1. The summed E-state index contributed by atoms with van der Waals surface area (Å²) in [5.41, 5.74) is 0.208. The molecule has 0 saturated heterocycles. The minimum atomic E-state index is -4.94. The molecule has 138 valence electrons. The van der Waals surface area contributed by atoms with Crippen LogP contribution in [0.5, 0.6) is 5.75 Å². The molecule has 1 aromatic carbocycles. The lowest BCUT2D eigenvalue weighted by molar-refractivity contribution is -0.274. The Balaban J connectivity index is 2.19. The van der Waals surface area contributed by atoms with Crippen molar-refractivity contribution < 1.29 is 31.1 Å². The summed E-state index contributed by atoms with van der Waals surface area (Å²) in [6.07, 6.45) is -4.47. The van der Waals surface area contributed by atoms with Gasteiger partial charge in [0, 0.05) is 18.5 Å². The number of hydrogen-bond acceptors (Lipinski definition) is 5. The van der Waals surface area contributed by atoms with Crippen LogP contribution in [0.25, 0.3) is 10.9 Å². The zero-order chi connectivity index (χ0) is 19.1. The summed E-state index contributed by atoms with van der Waals surface area (Å²) in [5.74, 6) is -0.593. The molecule has 0 aliphatic carbocycles. The maximum absolute atomic E-state index is 12.7. The van der Waals surface area contributed by atoms with Crippen LogP contribution in [0.15, 0.2) is 39.9 Å². The molecule has 2 aromatic heterocycles. The third kappa shape index (κ3) is 3.40. The molecule has 6 nitrogen and oxygen atoms in total. The molecule has 3 aromatic rings. The maximum Gasteiger partial charge on any atom is 0.573 e. The number of ether oxygens (including phenoxy) is 1. The van der Waals surface area contributed by atoms with Crippen LogP contribution in [-0.2, 0) is 10.0 Å². The van der Waals surface area contributed by atoms with Gasteiger partial charge in [-0.2, -0.15) is 0 Å². The molecular weight excluding hydrogens is 393 g/mol. The van der Waals surface area contributed by atoms with Crippen molar-refractivity contribution >= 4 is 44.2 Å². The van der Waals surface area contributed by atoms with E-state index in [1.54, 1.807) is 11.4 Å². The molecule has 0 fully saturated rings. The highest BCUT2D eigenvalue weighted by Crippen LogP contribution is 2.36. The molecule has 0 bridgehead atoms. The average Bonchev–Trinajstić information content (AvgIpc) is 3.21. The number of aromatic amines is 1. The van der Waals surface area contributed by atoms with E-state index >= 15 is 0 Å². The predicted octanol–water partition coefficient (Wildman–Crippen LogP) is 3.77. The van der Waals surface area contributed by atoms with Crippen molar-refractivity contribution in [1.29, 1.82) is 0 Å². The first-order valence-electron chi connectivity index (χ1n) is 7.02. The summed E-state index contributed by atoms with van der Waals surface area (Å²) >= 11 is 0.975. The summed E-state index contributed by atoms with van der Waals surface area (Å²) in [6, 6.07) is 6.26. The molecule has 3 rings (SSSR count). The summed E-state index contributed by atoms with van der Waals surface area (Å²) in [6.45, 7) is 0. The second kappa shape index (κ2) is 6.32. The third-order valence-electron chi connectivity index (χ3n) is 3.51. The van der Waals surface area contributed by atoms with E-state index in [2.05, 4.69) is 9.72 Å². The summed E-state index contributed by atoms with van der Waals surface area (Å²) in [5, 5.41) is 1.77. The Morgan fingerprint density at radius 2 is 2.00 bits per heavy atom. The minimum absolute atomic E-state index is 0.0254. The number of alkyl halides is 3. The zero-order valence-electron chi connectivity index (χ0n) is 13.1. The normalized spacial score (nSPS) is 12.3. The van der Waals surface area contributed by atoms with Crippen LogP contribution in [0.1, 0.15) is 10.5 Å². The smallest absolute Gasteiger partial charge is 0.406 e. The van der Waals surface area contributed by atoms with Crippen molar-refractivity contribution in [3.05, 3.63) is 41.4 Å². The predicted molar refractivity (Wildman–Crippen MR) is 90.3 cm³/mol. The number of benzene rings is 1. The van der Waals surface area contributed by atoms with Crippen LogP contribution >= 0.6 is 11.3 Å². The summed E-state index contributed by atoms with van der Waals surface area (Å²) < 4.78 is 68.0. The molecular formula is C15H11F3N2O4S2. The van der Waals surface area contributed by atoms with Crippen LogP contribution in [0.3, 0.4) is 0 Å². The van der Waals surface area contributed by atoms with Gasteiger partial charge in [0.05, 0.1) is 16.9 Å². The molecule has 11 heteroatoms. The first-order chi connectivity index (χ1) is 12.1. The topological polar surface area (TPSA) is 79.5 Å². The quantitative estimate of drug-likeness (QED) is 0.657. The lowest BCUT2D eigenvalue weighted by Gasteiger charge is -2.20. The van der Waals surface area contributed by atoms with Gasteiger partial charge in [-0.15, -0.1) is 24.5 Å². The van der Waals surface area contributed by atoms with E-state index in [0.717, 1.165) is 27.8 Å². The largest absolute Gasteiger partial charge is 0.573 e. The van der Waals surface area contributed by atoms with E-state index in [1.165, 1.54) is 19.2 Å². The van der Waals surface area contributed by atoms with Gasteiger partial charge in [-0.3, -0.25) is 9.10 Å². The van der Waals surface area contributed by atoms with Crippen LogP contribution < -0.4 is 9.04 Å². The number of sulfonamides is 1. The van der Waals surface area contributed by atoms with Crippen LogP contribution in [0.2, 0.25) is 0 Å². The number of nitrogens with zero attached hydrogens (tertiary/aromatic N) is 1. The maximum atomic E-state index is 12.7. The van der Waals surface area contributed by atoms with Crippen molar-refractivity contribution in [2.45, 2.75) is 10.6 Å². The number of thiophene rings is 1. The number of aromatic nitrogens is 1. The van der Waals surface area contributed by atoms with Gasteiger partial charge in [-0.05, 0) is 23.6 Å². The Morgan fingerprint density at radius 3 is 2.58 bits per heavy atom. The number of rotatable bonds is 5. The van der Waals surface area contributed by atoms with E-state index in [1.807, 2.05) is 0 Å². The molecule has 0 aliphatic rings. The van der Waals surface area contributed by atoms with E-state index < -0.39 is 22.1 Å². The van der Waals surface area contributed by atoms with Crippen LogP contribution in [-0.4, -0.2) is 33.1 Å². The fourth-order valence-corrected chi connectivity index (χ4v) is 4.76. The number of H-pyrrole nitrogens is 1. The van der Waals surface area contributed by atoms with Gasteiger partial charge in [-0.25, -0.2) is 8.42 Å². The van der Waals surface area contributed by atoms with Crippen molar-refractivity contribution in [3.8, 4) is 5.75 Å². The lowest BCUT2D eigenvalue weighted by atomic mass is 10.2. The summed E-state index contributed by atoms with van der Waals surface area (Å²) in [7, 11) is -2.78. The van der Waals surface area contributed by atoms with Gasteiger partial charge in [0.15, 0.2) is 6.29 Å². The third-order valence-corrected chi connectivity index (χ3v) is 6.66. The second-order valence-corrected chi connectivity index (χ2v) is 8.35. The number of hydrogen-bond donors (Lipinski definition) is 1. The minimum Gasteiger partial charge on any atom is -0.406 e. The molecule has 0 spiro atoms. The Hall–Kier alpha value is -2.53. The molecule has 0 saturated carbocycles. The van der Waals surface area contributed by atoms with Gasteiger partial charge < -0.3 is 9.72 Å². The number of nitrogens with one attached hydrogen (secondary N) is 1. The van der Waals surface area contributed by atoms with E-state index in [4.69, 9.17) is 0 Å². The van der Waals surface area contributed by atoms with E-state index in [9.17, 15) is 26.4 Å². The monoisotopic (exact) mass is 404 g/mol. The molecule has 2 heterocycles. The van der Waals surface area contributed by atoms with Gasteiger partial charge in [-0.1, -0.05) is 6.07 Å². The van der Waals surface area contributed by atoms with E-state index in [-0.39, 0.29) is 26.5 Å². The standard InChI is InChI=1S/C15H11F3N2O4S2/c1-20(26(22,23)13-3-2-4-25-13)12-7-11(24-15(16,17)18)6-9-5-10(8-21)19-14(9)12/h2-8,19H,1H3. The first-order valence-corrected chi connectivity index (χ1v) is 9.34. The number of carbonyl (C=O) groups excluding carboxylic acids is 1. The Bertz CT molecular complexity index is 1060. The number of aldehydes is 1. The molecule has 0 atom stereocenters. The number of fused-ring (bicyclic) bond motifs is 1. The molecule has 26 heavy (non-hydrogen) atoms. The Kier molecular flexibility index (Phi) is 4.44. The number of carbonyl (C=O) groups is 1. The highest BCUT2D eigenvalue weighted by atomic mass is 32.2. The lowest BCUT2D eigenvalue weighted by Crippen LogP contribution is -2.26. The first kappa shape index (κ1) is 18.3. The molecule has 0 radical (unpaired) electrons. The van der Waals surface area contributed by atoms with Gasteiger partial charge in [0.1, 0.15) is 9.96 Å². The Labute approximate surface area is 149 Å². The molecule has 1 N–H and O–H groups in total. The van der Waals surface area contributed by atoms with Gasteiger partial charge in [0.2, 0.25) is 0 Å². The van der Waals surface area contributed by atoms with Crippen molar-refractivity contribution in [2.75, 3.05) is 11.4 Å². The van der Waals surface area contributed by atoms with Gasteiger partial charge >= 0.3 is 6.36 Å². The van der Waals surface area contributed by atoms with Gasteiger partial charge in [0.25, 0.3) is 10.0 Å². The zero-order valence-corrected chi connectivity index (χ0v) is 14.7. The molecule has 0 aliphatic heterocycles. The molecule has 0 amide bonds. The fourth-order valence-electron chi connectivity index (χ4n) is 2.40. The Morgan fingerprint density at radius 1 is 1.27 bits per heavy atom. The number of halogens is 3.